The number of carbonyl (C=O) groups excluding carboxylic acids is 2. The van der Waals surface area contributed by atoms with E-state index in [0.717, 1.165) is 9.80 Å². The van der Waals surface area contributed by atoms with E-state index in [-0.39, 0.29) is 50.6 Å². The number of carbonyl (C=O) groups is 2. The minimum Gasteiger partial charge on any atom is -0.350 e. The van der Waals surface area contributed by atoms with Crippen LogP contribution in [-0.4, -0.2) is 92.7 Å². The molecule has 29 heavy (non-hydrogen) atoms. The van der Waals surface area contributed by atoms with E-state index in [1.807, 2.05) is 0 Å². The zero-order chi connectivity index (χ0) is 20.4. The second kappa shape index (κ2) is 8.79. The molecule has 164 valence electrons. The first-order chi connectivity index (χ1) is 14.0. The Bertz CT molecular complexity index is 544. The van der Waals surface area contributed by atoms with Gasteiger partial charge in [-0.2, -0.15) is 8.78 Å². The number of alkyl halides is 2. The highest BCUT2D eigenvalue weighted by atomic mass is 19.3. The average Bonchev–Trinajstić information content (AvgIpc) is 3.47. The van der Waals surface area contributed by atoms with Crippen LogP contribution in [-0.2, 0) is 28.5 Å². The van der Waals surface area contributed by atoms with Gasteiger partial charge in [0.2, 0.25) is 0 Å². The highest BCUT2D eigenvalue weighted by Crippen LogP contribution is 2.31. The zero-order valence-corrected chi connectivity index (χ0v) is 16.4. The van der Waals surface area contributed by atoms with Crippen molar-refractivity contribution in [2.75, 3.05) is 52.6 Å². The summed E-state index contributed by atoms with van der Waals surface area (Å²) in [6, 6.07) is 0. The van der Waals surface area contributed by atoms with E-state index in [2.05, 4.69) is 0 Å². The number of rotatable bonds is 4. The van der Waals surface area contributed by atoms with E-state index in [1.165, 1.54) is 0 Å². The van der Waals surface area contributed by atoms with E-state index in [9.17, 15) is 18.4 Å². The number of ether oxygens (including phenoxy) is 4. The van der Waals surface area contributed by atoms with Gasteiger partial charge < -0.3 is 28.7 Å². The Morgan fingerprint density at radius 1 is 0.655 bits per heavy atom. The monoisotopic (exact) mass is 418 g/mol. The molecule has 4 rings (SSSR count). The first-order valence-electron chi connectivity index (χ1n) is 10.4. The minimum atomic E-state index is -4.04. The smallest absolute Gasteiger partial charge is 0.350 e. The molecule has 0 saturated carbocycles. The van der Waals surface area contributed by atoms with Crippen LogP contribution in [0.5, 0.6) is 0 Å². The van der Waals surface area contributed by atoms with Gasteiger partial charge in [0.15, 0.2) is 12.6 Å². The molecule has 0 aliphatic carbocycles. The predicted octanol–water partition coefficient (Wildman–Crippen LogP) is 0.845. The number of hydrogen-bond donors (Lipinski definition) is 0. The summed E-state index contributed by atoms with van der Waals surface area (Å²) < 4.78 is 51.3. The molecule has 0 atom stereocenters. The molecule has 4 fully saturated rings. The van der Waals surface area contributed by atoms with Crippen molar-refractivity contribution >= 4 is 11.8 Å². The topological polar surface area (TPSA) is 77.5 Å². The molecular formula is C19H28F2N2O6. The van der Waals surface area contributed by atoms with Gasteiger partial charge in [-0.3, -0.25) is 9.59 Å². The third-order valence-electron chi connectivity index (χ3n) is 6.26. The summed E-state index contributed by atoms with van der Waals surface area (Å²) in [4.78, 5) is 27.0. The van der Waals surface area contributed by atoms with Gasteiger partial charge in [-0.25, -0.2) is 0 Å². The average molecular weight is 418 g/mol. The number of piperidine rings is 2. The Morgan fingerprint density at radius 2 is 0.966 bits per heavy atom. The van der Waals surface area contributed by atoms with Crippen LogP contribution in [0.1, 0.15) is 25.7 Å². The Labute approximate surface area is 168 Å². The van der Waals surface area contributed by atoms with Crippen molar-refractivity contribution in [2.45, 2.75) is 44.2 Å². The lowest BCUT2D eigenvalue weighted by molar-refractivity contribution is -0.178. The fraction of sp³-hybridized carbons (Fsp3) is 0.895. The molecular weight excluding hydrogens is 390 g/mol. The van der Waals surface area contributed by atoms with Crippen LogP contribution in [0.25, 0.3) is 0 Å². The van der Waals surface area contributed by atoms with Gasteiger partial charge in [0.1, 0.15) is 0 Å². The van der Waals surface area contributed by atoms with Gasteiger partial charge >= 0.3 is 17.7 Å². The van der Waals surface area contributed by atoms with Crippen LogP contribution in [0.2, 0.25) is 0 Å². The standard InChI is InChI=1S/C19H28F2N2O6/c20-19(21,17(24)22-5-1-13(2-6-22)15-26-9-10-27-15)18(25)23-7-3-14(4-8-23)16-28-11-12-29-16/h13-16H,1-12H2. The Morgan fingerprint density at radius 3 is 1.28 bits per heavy atom. The summed E-state index contributed by atoms with van der Waals surface area (Å²) in [5.41, 5.74) is 0. The molecule has 10 heteroatoms. The molecule has 8 nitrogen and oxygen atoms in total. The van der Waals surface area contributed by atoms with Gasteiger partial charge in [0.05, 0.1) is 26.4 Å². The zero-order valence-electron chi connectivity index (χ0n) is 16.4. The Balaban J connectivity index is 1.28. The van der Waals surface area contributed by atoms with Crippen LogP contribution < -0.4 is 0 Å². The highest BCUT2D eigenvalue weighted by Gasteiger charge is 2.53. The molecule has 4 aliphatic rings. The van der Waals surface area contributed by atoms with Crippen molar-refractivity contribution in [3.05, 3.63) is 0 Å². The minimum absolute atomic E-state index is 0.0879. The summed E-state index contributed by atoms with van der Waals surface area (Å²) in [5, 5.41) is 0. The van der Waals surface area contributed by atoms with Crippen LogP contribution >= 0.6 is 0 Å². The van der Waals surface area contributed by atoms with Crippen molar-refractivity contribution < 1.29 is 37.3 Å². The molecule has 0 aromatic heterocycles. The SMILES string of the molecule is O=C(N1CCC(C2OCCO2)CC1)C(F)(F)C(=O)N1CCC(C2OCCO2)CC1. The van der Waals surface area contributed by atoms with Crippen LogP contribution in [0.15, 0.2) is 0 Å². The maximum atomic E-state index is 14.7. The van der Waals surface area contributed by atoms with E-state index in [1.54, 1.807) is 0 Å². The summed E-state index contributed by atoms with van der Waals surface area (Å²) in [5.74, 6) is -6.67. The van der Waals surface area contributed by atoms with Gasteiger partial charge in [-0.05, 0) is 25.7 Å². The van der Waals surface area contributed by atoms with Crippen LogP contribution in [0.3, 0.4) is 0 Å². The Hall–Kier alpha value is -1.36. The number of halogens is 2. The lowest BCUT2D eigenvalue weighted by Crippen LogP contribution is -2.57. The maximum Gasteiger partial charge on any atom is 0.401 e. The van der Waals surface area contributed by atoms with Crippen molar-refractivity contribution in [1.82, 2.24) is 9.80 Å². The van der Waals surface area contributed by atoms with E-state index >= 15 is 0 Å². The molecule has 0 aromatic rings. The predicted molar refractivity (Wildman–Crippen MR) is 94.9 cm³/mol. The summed E-state index contributed by atoms with van der Waals surface area (Å²) in [6.45, 7) is 2.83. The van der Waals surface area contributed by atoms with Gasteiger partial charge in [-0.1, -0.05) is 0 Å². The van der Waals surface area contributed by atoms with Gasteiger partial charge in [0.25, 0.3) is 0 Å². The lowest BCUT2D eigenvalue weighted by atomic mass is 9.95. The second-order valence-electron chi connectivity index (χ2n) is 8.05. The highest BCUT2D eigenvalue weighted by molar-refractivity contribution is 6.06. The van der Waals surface area contributed by atoms with Crippen molar-refractivity contribution in [3.63, 3.8) is 0 Å². The first-order valence-corrected chi connectivity index (χ1v) is 10.4. The molecule has 4 heterocycles. The van der Waals surface area contributed by atoms with Crippen LogP contribution in [0, 0.1) is 11.8 Å². The molecule has 4 aliphatic heterocycles. The number of likely N-dealkylation sites (tertiary alicyclic amines) is 2. The molecule has 2 amide bonds. The maximum absolute atomic E-state index is 14.7. The van der Waals surface area contributed by atoms with Crippen LogP contribution in [0.4, 0.5) is 8.78 Å². The van der Waals surface area contributed by atoms with E-state index in [0.29, 0.717) is 52.1 Å². The molecule has 0 bridgehead atoms. The normalized spacial score (nSPS) is 26.4. The molecule has 0 aromatic carbocycles. The molecule has 0 spiro atoms. The second-order valence-corrected chi connectivity index (χ2v) is 8.05. The van der Waals surface area contributed by atoms with Crippen molar-refractivity contribution in [2.24, 2.45) is 11.8 Å². The molecule has 0 N–H and O–H groups in total. The first kappa shape index (κ1) is 20.9. The fourth-order valence-corrected chi connectivity index (χ4v) is 4.54. The summed E-state index contributed by atoms with van der Waals surface area (Å²) in [6.07, 6.45) is 1.45. The number of nitrogens with zero attached hydrogens (tertiary/aromatic N) is 2. The quantitative estimate of drug-likeness (QED) is 0.630. The molecule has 0 radical (unpaired) electrons. The third-order valence-corrected chi connectivity index (χ3v) is 6.26. The largest absolute Gasteiger partial charge is 0.401 e. The third kappa shape index (κ3) is 4.40. The van der Waals surface area contributed by atoms with Crippen molar-refractivity contribution in [3.8, 4) is 0 Å². The van der Waals surface area contributed by atoms with Crippen molar-refractivity contribution in [1.29, 1.82) is 0 Å². The van der Waals surface area contributed by atoms with Gasteiger partial charge in [0, 0.05) is 38.0 Å². The fourth-order valence-electron chi connectivity index (χ4n) is 4.54. The van der Waals surface area contributed by atoms with E-state index < -0.39 is 17.7 Å². The molecule has 4 saturated heterocycles. The Kier molecular flexibility index (Phi) is 6.33. The molecule has 0 unspecified atom stereocenters. The number of hydrogen-bond acceptors (Lipinski definition) is 6. The summed E-state index contributed by atoms with van der Waals surface area (Å²) >= 11 is 0. The number of amides is 2. The summed E-state index contributed by atoms with van der Waals surface area (Å²) in [7, 11) is 0. The van der Waals surface area contributed by atoms with E-state index in [4.69, 9.17) is 18.9 Å². The lowest BCUT2D eigenvalue weighted by Gasteiger charge is -2.38. The van der Waals surface area contributed by atoms with Gasteiger partial charge in [-0.15, -0.1) is 0 Å².